The Morgan fingerprint density at radius 1 is 1.44 bits per heavy atom. The van der Waals surface area contributed by atoms with Gasteiger partial charge in [-0.2, -0.15) is 0 Å². The molecule has 0 bridgehead atoms. The molecule has 2 rings (SSSR count). The maximum absolute atomic E-state index is 12.1. The maximum atomic E-state index is 12.1. The first-order chi connectivity index (χ1) is 8.61. The molecule has 6 nitrogen and oxygen atoms in total. The van der Waals surface area contributed by atoms with Gasteiger partial charge in [0, 0.05) is 6.42 Å². The van der Waals surface area contributed by atoms with E-state index in [0.717, 1.165) is 12.0 Å². The lowest BCUT2D eigenvalue weighted by Crippen LogP contribution is -2.21. The van der Waals surface area contributed by atoms with Gasteiger partial charge in [-0.1, -0.05) is 0 Å². The first kappa shape index (κ1) is 12.8. The highest BCUT2D eigenvalue weighted by Crippen LogP contribution is 2.32. The minimum atomic E-state index is -0.341. The SMILES string of the molecule is CONC(C(=O)c1nnc(CC2CC2)o1)=C(C)C. The summed E-state index contributed by atoms with van der Waals surface area (Å²) < 4.78 is 5.37. The van der Waals surface area contributed by atoms with Gasteiger partial charge >= 0.3 is 0 Å². The lowest BCUT2D eigenvalue weighted by molar-refractivity contribution is 0.0846. The van der Waals surface area contributed by atoms with Crippen LogP contribution >= 0.6 is 0 Å². The van der Waals surface area contributed by atoms with Gasteiger partial charge in [0.2, 0.25) is 5.89 Å². The lowest BCUT2D eigenvalue weighted by atomic mass is 10.2. The highest BCUT2D eigenvalue weighted by molar-refractivity contribution is 6.05. The Balaban J connectivity index is 2.11. The average molecular weight is 251 g/mol. The van der Waals surface area contributed by atoms with Gasteiger partial charge < -0.3 is 4.42 Å². The van der Waals surface area contributed by atoms with Crippen molar-refractivity contribution in [2.45, 2.75) is 33.1 Å². The Labute approximate surface area is 105 Å². The van der Waals surface area contributed by atoms with Crippen LogP contribution in [0.1, 0.15) is 43.3 Å². The number of hydroxylamine groups is 1. The van der Waals surface area contributed by atoms with Crippen molar-refractivity contribution in [1.82, 2.24) is 15.7 Å². The Hall–Kier alpha value is -1.69. The summed E-state index contributed by atoms with van der Waals surface area (Å²) in [4.78, 5) is 16.9. The minimum absolute atomic E-state index is 0.00593. The molecule has 0 spiro atoms. The summed E-state index contributed by atoms with van der Waals surface area (Å²) in [6.07, 6.45) is 3.17. The molecule has 0 aliphatic heterocycles. The van der Waals surface area contributed by atoms with Gasteiger partial charge in [0.05, 0.1) is 7.11 Å². The minimum Gasteiger partial charge on any atom is -0.418 e. The van der Waals surface area contributed by atoms with Crippen LogP contribution in [0.5, 0.6) is 0 Å². The third-order valence-corrected chi connectivity index (χ3v) is 2.75. The second-order valence-electron chi connectivity index (χ2n) is 4.66. The zero-order chi connectivity index (χ0) is 13.1. The number of nitrogens with zero attached hydrogens (tertiary/aromatic N) is 2. The van der Waals surface area contributed by atoms with E-state index in [1.165, 1.54) is 20.0 Å². The summed E-state index contributed by atoms with van der Waals surface area (Å²) in [7, 11) is 1.45. The van der Waals surface area contributed by atoms with Gasteiger partial charge in [-0.05, 0) is 38.2 Å². The summed E-state index contributed by atoms with van der Waals surface area (Å²) in [6.45, 7) is 3.61. The number of ketones is 1. The second-order valence-corrected chi connectivity index (χ2v) is 4.66. The van der Waals surface area contributed by atoms with Crippen molar-refractivity contribution in [2.24, 2.45) is 5.92 Å². The normalized spacial score (nSPS) is 14.4. The van der Waals surface area contributed by atoms with Crippen LogP contribution in [0.2, 0.25) is 0 Å². The third-order valence-electron chi connectivity index (χ3n) is 2.75. The molecule has 18 heavy (non-hydrogen) atoms. The number of allylic oxidation sites excluding steroid dienone is 2. The number of Topliss-reactive ketones (excluding diaryl/α,β-unsaturated/α-hetero) is 1. The molecule has 1 aliphatic rings. The largest absolute Gasteiger partial charge is 0.418 e. The zero-order valence-electron chi connectivity index (χ0n) is 10.8. The molecule has 1 aliphatic carbocycles. The van der Waals surface area contributed by atoms with Crippen molar-refractivity contribution in [2.75, 3.05) is 7.11 Å². The van der Waals surface area contributed by atoms with E-state index >= 15 is 0 Å². The standard InChI is InChI=1S/C12H17N3O3/c1-7(2)10(15-17-3)11(16)12-14-13-9(18-12)6-8-4-5-8/h8,15H,4-6H2,1-3H3. The van der Waals surface area contributed by atoms with Crippen LogP contribution in [-0.4, -0.2) is 23.1 Å². The van der Waals surface area contributed by atoms with Crippen LogP contribution in [0.3, 0.4) is 0 Å². The number of nitrogens with one attached hydrogen (secondary N) is 1. The predicted octanol–water partition coefficient (Wildman–Crippen LogP) is 1.65. The molecule has 1 N–H and O–H groups in total. The number of rotatable bonds is 6. The van der Waals surface area contributed by atoms with Gasteiger partial charge in [-0.3, -0.25) is 15.1 Å². The highest BCUT2D eigenvalue weighted by atomic mass is 16.6. The quantitative estimate of drug-likeness (QED) is 0.470. The van der Waals surface area contributed by atoms with E-state index in [4.69, 9.17) is 9.25 Å². The maximum Gasteiger partial charge on any atom is 0.290 e. The van der Waals surface area contributed by atoms with E-state index in [0.29, 0.717) is 17.5 Å². The lowest BCUT2D eigenvalue weighted by Gasteiger charge is -2.06. The molecule has 0 unspecified atom stereocenters. The van der Waals surface area contributed by atoms with Crippen LogP contribution in [0.25, 0.3) is 0 Å². The van der Waals surface area contributed by atoms with E-state index < -0.39 is 0 Å². The second kappa shape index (κ2) is 5.30. The van der Waals surface area contributed by atoms with Crippen LogP contribution in [0.15, 0.2) is 15.7 Å². The molecule has 1 saturated carbocycles. The fourth-order valence-corrected chi connectivity index (χ4v) is 1.58. The molecule has 0 atom stereocenters. The molecule has 0 aromatic carbocycles. The number of hydrogen-bond donors (Lipinski definition) is 1. The number of hydrogen-bond acceptors (Lipinski definition) is 6. The van der Waals surface area contributed by atoms with Crippen molar-refractivity contribution < 1.29 is 14.0 Å². The Kier molecular flexibility index (Phi) is 3.76. The number of aromatic nitrogens is 2. The van der Waals surface area contributed by atoms with Gasteiger partial charge in [0.25, 0.3) is 11.7 Å². The molecule has 0 saturated heterocycles. The summed E-state index contributed by atoms with van der Waals surface area (Å²) >= 11 is 0. The molecule has 1 aromatic heterocycles. The predicted molar refractivity (Wildman–Crippen MR) is 63.6 cm³/mol. The van der Waals surface area contributed by atoms with Crippen LogP contribution in [0.4, 0.5) is 0 Å². The molecule has 6 heteroatoms. The summed E-state index contributed by atoms with van der Waals surface area (Å²) in [6, 6.07) is 0. The van der Waals surface area contributed by atoms with Crippen molar-refractivity contribution in [3.05, 3.63) is 23.1 Å². The first-order valence-corrected chi connectivity index (χ1v) is 5.95. The molecule has 1 aromatic rings. The molecule has 98 valence electrons. The van der Waals surface area contributed by atoms with E-state index in [-0.39, 0.29) is 11.7 Å². The molecule has 1 heterocycles. The molecular formula is C12H17N3O3. The summed E-state index contributed by atoms with van der Waals surface area (Å²) in [5, 5.41) is 7.68. The third kappa shape index (κ3) is 2.95. The summed E-state index contributed by atoms with van der Waals surface area (Å²) in [5.41, 5.74) is 3.67. The van der Waals surface area contributed by atoms with E-state index in [1.54, 1.807) is 13.8 Å². The fourth-order valence-electron chi connectivity index (χ4n) is 1.58. The van der Waals surface area contributed by atoms with Crippen LogP contribution in [-0.2, 0) is 11.3 Å². The van der Waals surface area contributed by atoms with Crippen molar-refractivity contribution in [3.8, 4) is 0 Å². The van der Waals surface area contributed by atoms with E-state index in [2.05, 4.69) is 15.7 Å². The molecule has 0 amide bonds. The van der Waals surface area contributed by atoms with Crippen molar-refractivity contribution in [1.29, 1.82) is 0 Å². The topological polar surface area (TPSA) is 77.2 Å². The van der Waals surface area contributed by atoms with Crippen molar-refractivity contribution in [3.63, 3.8) is 0 Å². The van der Waals surface area contributed by atoms with Gasteiger partial charge in [0.15, 0.2) is 0 Å². The highest BCUT2D eigenvalue weighted by Gasteiger charge is 2.26. The van der Waals surface area contributed by atoms with Crippen LogP contribution < -0.4 is 5.48 Å². The fraction of sp³-hybridized carbons (Fsp3) is 0.583. The van der Waals surface area contributed by atoms with E-state index in [9.17, 15) is 4.79 Å². The molecule has 1 fully saturated rings. The smallest absolute Gasteiger partial charge is 0.290 e. The molecule has 0 radical (unpaired) electrons. The number of carbonyl (C=O) groups is 1. The Morgan fingerprint density at radius 3 is 2.72 bits per heavy atom. The summed E-state index contributed by atoms with van der Waals surface area (Å²) in [5.74, 6) is 0.845. The van der Waals surface area contributed by atoms with Gasteiger partial charge in [-0.25, -0.2) is 0 Å². The zero-order valence-corrected chi connectivity index (χ0v) is 10.8. The van der Waals surface area contributed by atoms with E-state index in [1.807, 2.05) is 0 Å². The number of carbonyl (C=O) groups excluding carboxylic acids is 1. The first-order valence-electron chi connectivity index (χ1n) is 5.95. The Bertz CT molecular complexity index is 471. The van der Waals surface area contributed by atoms with Crippen molar-refractivity contribution >= 4 is 5.78 Å². The monoisotopic (exact) mass is 251 g/mol. The molecular weight excluding hydrogens is 234 g/mol. The van der Waals surface area contributed by atoms with Gasteiger partial charge in [-0.15, -0.1) is 10.2 Å². The van der Waals surface area contributed by atoms with Gasteiger partial charge in [0.1, 0.15) is 5.70 Å². The van der Waals surface area contributed by atoms with Crippen LogP contribution in [0, 0.1) is 5.92 Å². The Morgan fingerprint density at radius 2 is 2.17 bits per heavy atom. The average Bonchev–Trinajstić information content (AvgIpc) is 3.01.